The Morgan fingerprint density at radius 1 is 1.38 bits per heavy atom. The van der Waals surface area contributed by atoms with Crippen molar-refractivity contribution in [3.05, 3.63) is 60.8 Å². The lowest BCUT2D eigenvalue weighted by molar-refractivity contribution is 0.937. The van der Waals surface area contributed by atoms with E-state index in [1.165, 1.54) is 0 Å². The maximum Gasteiger partial charge on any atom is 0.264 e. The average Bonchev–Trinajstić information content (AvgIpc) is 2.27. The first-order valence-corrected chi connectivity index (χ1v) is 6.09. The summed E-state index contributed by atoms with van der Waals surface area (Å²) in [4.78, 5) is 18.3. The highest BCUT2D eigenvalue weighted by molar-refractivity contribution is 14.1. The van der Waals surface area contributed by atoms with Gasteiger partial charge >= 0.3 is 0 Å². The number of hydrogen-bond acceptors (Lipinski definition) is 2. The van der Waals surface area contributed by atoms with Crippen LogP contribution in [0.3, 0.4) is 0 Å². The van der Waals surface area contributed by atoms with E-state index in [2.05, 4.69) is 9.97 Å². The molecule has 0 bridgehead atoms. The predicted molar refractivity (Wildman–Crippen MR) is 71.8 cm³/mol. The summed E-state index contributed by atoms with van der Waals surface area (Å²) in [5.74, 6) is 0.624. The molecular formula is C11H8ClIN2O. The molecule has 1 aromatic carbocycles. The van der Waals surface area contributed by atoms with Crippen LogP contribution in [0.25, 0.3) is 0 Å². The van der Waals surface area contributed by atoms with Gasteiger partial charge in [-0.2, -0.15) is 0 Å². The first-order valence-electron chi connectivity index (χ1n) is 4.64. The number of hydrogen-bond donors (Lipinski definition) is 1. The number of benzene rings is 1. The lowest BCUT2D eigenvalue weighted by atomic mass is 10.1. The number of aromatic nitrogens is 2. The molecule has 0 amide bonds. The Bertz CT molecular complexity index is 568. The Morgan fingerprint density at radius 2 is 2.12 bits per heavy atom. The van der Waals surface area contributed by atoms with Gasteiger partial charge in [0, 0.05) is 17.6 Å². The van der Waals surface area contributed by atoms with E-state index in [-0.39, 0.29) is 5.56 Å². The van der Waals surface area contributed by atoms with Crippen LogP contribution in [-0.2, 0) is 6.42 Å². The summed E-state index contributed by atoms with van der Waals surface area (Å²) < 4.78 is 0.584. The minimum absolute atomic E-state index is 0.113. The Labute approximate surface area is 111 Å². The molecule has 0 atom stereocenters. The molecule has 0 unspecified atom stereocenters. The van der Waals surface area contributed by atoms with Crippen molar-refractivity contribution in [3.63, 3.8) is 0 Å². The molecule has 2 rings (SSSR count). The second-order valence-electron chi connectivity index (χ2n) is 3.28. The minimum Gasteiger partial charge on any atom is -0.309 e. The molecule has 0 saturated carbocycles. The van der Waals surface area contributed by atoms with Crippen LogP contribution in [0, 0.1) is 3.57 Å². The molecule has 3 nitrogen and oxygen atoms in total. The van der Waals surface area contributed by atoms with Gasteiger partial charge in [0.15, 0.2) is 0 Å². The summed E-state index contributed by atoms with van der Waals surface area (Å²) in [6, 6.07) is 7.52. The normalized spacial score (nSPS) is 10.4. The van der Waals surface area contributed by atoms with Crippen LogP contribution in [-0.4, -0.2) is 9.97 Å². The average molecular weight is 347 g/mol. The molecule has 82 valence electrons. The van der Waals surface area contributed by atoms with Gasteiger partial charge in [0.25, 0.3) is 5.56 Å². The standard InChI is InChI=1S/C11H8ClIN2O/c12-8-4-2-1-3-7(8)5-10-14-6-9(13)11(16)15-10/h1-4,6H,5H2,(H,14,15,16). The molecule has 0 radical (unpaired) electrons. The van der Waals surface area contributed by atoms with Gasteiger partial charge in [-0.05, 0) is 34.2 Å². The van der Waals surface area contributed by atoms with E-state index in [0.29, 0.717) is 20.8 Å². The minimum atomic E-state index is -0.113. The zero-order chi connectivity index (χ0) is 11.5. The van der Waals surface area contributed by atoms with Crippen molar-refractivity contribution in [3.8, 4) is 0 Å². The van der Waals surface area contributed by atoms with Crippen LogP contribution in [0.15, 0.2) is 35.3 Å². The van der Waals surface area contributed by atoms with Gasteiger partial charge in [-0.3, -0.25) is 4.79 Å². The van der Waals surface area contributed by atoms with Crippen molar-refractivity contribution in [1.29, 1.82) is 0 Å². The molecule has 2 aromatic rings. The van der Waals surface area contributed by atoms with Gasteiger partial charge in [-0.25, -0.2) is 4.98 Å². The second kappa shape index (κ2) is 4.97. The molecule has 0 aliphatic heterocycles. The number of rotatable bonds is 2. The number of nitrogens with zero attached hydrogens (tertiary/aromatic N) is 1. The molecule has 0 aliphatic rings. The van der Waals surface area contributed by atoms with Crippen molar-refractivity contribution in [2.45, 2.75) is 6.42 Å². The van der Waals surface area contributed by atoms with Crippen LogP contribution >= 0.6 is 34.2 Å². The van der Waals surface area contributed by atoms with Crippen LogP contribution < -0.4 is 5.56 Å². The van der Waals surface area contributed by atoms with Gasteiger partial charge < -0.3 is 4.98 Å². The summed E-state index contributed by atoms with van der Waals surface area (Å²) in [5, 5.41) is 0.684. The lowest BCUT2D eigenvalue weighted by Gasteiger charge is -2.03. The molecule has 0 saturated heterocycles. The first kappa shape index (κ1) is 11.6. The zero-order valence-corrected chi connectivity index (χ0v) is 11.1. The van der Waals surface area contributed by atoms with Gasteiger partial charge in [-0.1, -0.05) is 29.8 Å². The zero-order valence-electron chi connectivity index (χ0n) is 8.21. The molecule has 1 heterocycles. The topological polar surface area (TPSA) is 45.8 Å². The van der Waals surface area contributed by atoms with Crippen molar-refractivity contribution in [2.24, 2.45) is 0 Å². The summed E-state index contributed by atoms with van der Waals surface area (Å²) in [7, 11) is 0. The van der Waals surface area contributed by atoms with Crippen LogP contribution in [0.4, 0.5) is 0 Å². The summed E-state index contributed by atoms with van der Waals surface area (Å²) in [6.45, 7) is 0. The quantitative estimate of drug-likeness (QED) is 0.850. The highest BCUT2D eigenvalue weighted by atomic mass is 127. The monoisotopic (exact) mass is 346 g/mol. The third kappa shape index (κ3) is 2.62. The maximum atomic E-state index is 11.4. The number of nitrogens with one attached hydrogen (secondary N) is 1. The van der Waals surface area contributed by atoms with Crippen molar-refractivity contribution >= 4 is 34.2 Å². The van der Waals surface area contributed by atoms with Gasteiger partial charge in [0.2, 0.25) is 0 Å². The fraction of sp³-hybridized carbons (Fsp3) is 0.0909. The number of halogens is 2. The van der Waals surface area contributed by atoms with Gasteiger partial charge in [-0.15, -0.1) is 0 Å². The largest absolute Gasteiger partial charge is 0.309 e. The van der Waals surface area contributed by atoms with Gasteiger partial charge in [0.1, 0.15) is 5.82 Å². The summed E-state index contributed by atoms with van der Waals surface area (Å²) in [6.07, 6.45) is 2.09. The second-order valence-corrected chi connectivity index (χ2v) is 4.84. The molecular weight excluding hydrogens is 338 g/mol. The smallest absolute Gasteiger partial charge is 0.264 e. The lowest BCUT2D eigenvalue weighted by Crippen LogP contribution is -2.14. The Hall–Kier alpha value is -0.880. The van der Waals surface area contributed by atoms with Crippen LogP contribution in [0.5, 0.6) is 0 Å². The molecule has 16 heavy (non-hydrogen) atoms. The number of aromatic amines is 1. The molecule has 5 heteroatoms. The Kier molecular flexibility index (Phi) is 3.60. The maximum absolute atomic E-state index is 11.4. The third-order valence-corrected chi connectivity index (χ3v) is 3.26. The summed E-state index contributed by atoms with van der Waals surface area (Å²) >= 11 is 7.97. The SMILES string of the molecule is O=c1[nH]c(Cc2ccccc2Cl)ncc1I. The van der Waals surface area contributed by atoms with E-state index in [1.54, 1.807) is 6.20 Å². The Balaban J connectivity index is 2.31. The van der Waals surface area contributed by atoms with Crippen LogP contribution in [0.1, 0.15) is 11.4 Å². The van der Waals surface area contributed by atoms with E-state index in [9.17, 15) is 4.79 Å². The highest BCUT2D eigenvalue weighted by Crippen LogP contribution is 2.16. The molecule has 1 aromatic heterocycles. The van der Waals surface area contributed by atoms with Crippen molar-refractivity contribution in [2.75, 3.05) is 0 Å². The van der Waals surface area contributed by atoms with E-state index in [0.717, 1.165) is 5.56 Å². The molecule has 0 aliphatic carbocycles. The molecule has 0 fully saturated rings. The van der Waals surface area contributed by atoms with E-state index < -0.39 is 0 Å². The third-order valence-electron chi connectivity index (χ3n) is 2.12. The molecule has 0 spiro atoms. The fourth-order valence-electron chi connectivity index (χ4n) is 1.33. The van der Waals surface area contributed by atoms with E-state index in [4.69, 9.17) is 11.6 Å². The van der Waals surface area contributed by atoms with E-state index >= 15 is 0 Å². The Morgan fingerprint density at radius 3 is 2.81 bits per heavy atom. The first-order chi connectivity index (χ1) is 7.66. The van der Waals surface area contributed by atoms with E-state index in [1.807, 2.05) is 46.9 Å². The van der Waals surface area contributed by atoms with Gasteiger partial charge in [0.05, 0.1) is 3.57 Å². The van der Waals surface area contributed by atoms with Crippen molar-refractivity contribution in [1.82, 2.24) is 9.97 Å². The molecule has 1 N–H and O–H groups in total. The fourth-order valence-corrected chi connectivity index (χ4v) is 1.80. The van der Waals surface area contributed by atoms with Crippen LogP contribution in [0.2, 0.25) is 5.02 Å². The predicted octanol–water partition coefficient (Wildman–Crippen LogP) is 2.62. The summed E-state index contributed by atoms with van der Waals surface area (Å²) in [5.41, 5.74) is 0.839. The number of H-pyrrole nitrogens is 1. The highest BCUT2D eigenvalue weighted by Gasteiger charge is 2.03. The van der Waals surface area contributed by atoms with Crippen molar-refractivity contribution < 1.29 is 0 Å².